The van der Waals surface area contributed by atoms with Gasteiger partial charge in [-0.15, -0.1) is 0 Å². The fourth-order valence-corrected chi connectivity index (χ4v) is 3.04. The summed E-state index contributed by atoms with van der Waals surface area (Å²) in [5.41, 5.74) is 1.01. The number of aliphatic hydroxyl groups is 1. The van der Waals surface area contributed by atoms with Crippen molar-refractivity contribution in [2.45, 2.75) is 45.3 Å². The molecule has 0 aliphatic rings. The normalized spacial score (nSPS) is 13.0. The van der Waals surface area contributed by atoms with Gasteiger partial charge in [-0.1, -0.05) is 26.0 Å². The van der Waals surface area contributed by atoms with Gasteiger partial charge < -0.3 is 10.4 Å². The highest BCUT2D eigenvalue weighted by Gasteiger charge is 2.30. The van der Waals surface area contributed by atoms with Crippen LogP contribution in [0.3, 0.4) is 0 Å². The molecule has 8 heteroatoms. The number of fused-ring (bicyclic) bond motifs is 1. The molecule has 2 heterocycles. The predicted octanol–water partition coefficient (Wildman–Crippen LogP) is 3.85. The number of hydrogen-bond donors (Lipinski definition) is 4. The number of rotatable bonds is 5. The van der Waals surface area contributed by atoms with Crippen molar-refractivity contribution in [3.63, 3.8) is 0 Å². The van der Waals surface area contributed by atoms with Gasteiger partial charge in [0, 0.05) is 23.3 Å². The zero-order chi connectivity index (χ0) is 20.5. The maximum absolute atomic E-state index is 13.2. The highest BCUT2D eigenvalue weighted by atomic mass is 19.1. The number of amides is 2. The zero-order valence-electron chi connectivity index (χ0n) is 16.2. The Kier molecular flexibility index (Phi) is 5.33. The summed E-state index contributed by atoms with van der Waals surface area (Å²) in [4.78, 5) is 16.8. The SMILES string of the molecule is CC(C)c1[nH]nc2cc(NC(=O)N[C@@H](c3ccc(F)cc3)C(C)(C)O)ncc12. The van der Waals surface area contributed by atoms with E-state index in [1.807, 2.05) is 0 Å². The highest BCUT2D eigenvalue weighted by molar-refractivity contribution is 5.91. The molecule has 3 aromatic rings. The molecular weight excluding hydrogens is 361 g/mol. The molecule has 0 aliphatic carbocycles. The van der Waals surface area contributed by atoms with Crippen molar-refractivity contribution in [3.8, 4) is 0 Å². The van der Waals surface area contributed by atoms with E-state index in [1.54, 1.807) is 26.1 Å². The first-order valence-electron chi connectivity index (χ1n) is 9.04. The minimum Gasteiger partial charge on any atom is -0.388 e. The monoisotopic (exact) mass is 385 g/mol. The van der Waals surface area contributed by atoms with Crippen molar-refractivity contribution >= 4 is 22.8 Å². The fraction of sp³-hybridized carbons (Fsp3) is 0.350. The Labute approximate surface area is 162 Å². The molecule has 0 aliphatic heterocycles. The third-order valence-electron chi connectivity index (χ3n) is 4.47. The molecule has 0 bridgehead atoms. The van der Waals surface area contributed by atoms with Crippen LogP contribution in [0, 0.1) is 5.82 Å². The number of anilines is 1. The Morgan fingerprint density at radius 1 is 1.25 bits per heavy atom. The van der Waals surface area contributed by atoms with Crippen LogP contribution in [-0.2, 0) is 0 Å². The molecule has 2 amide bonds. The van der Waals surface area contributed by atoms with Crippen LogP contribution in [0.4, 0.5) is 15.0 Å². The summed E-state index contributed by atoms with van der Waals surface area (Å²) in [6.45, 7) is 7.25. The van der Waals surface area contributed by atoms with Crippen molar-refractivity contribution in [1.29, 1.82) is 0 Å². The summed E-state index contributed by atoms with van der Waals surface area (Å²) < 4.78 is 13.2. The number of carbonyl (C=O) groups is 1. The van der Waals surface area contributed by atoms with E-state index in [-0.39, 0.29) is 11.7 Å². The zero-order valence-corrected chi connectivity index (χ0v) is 16.2. The number of nitrogens with one attached hydrogen (secondary N) is 3. The van der Waals surface area contributed by atoms with Gasteiger partial charge in [-0.25, -0.2) is 14.2 Å². The van der Waals surface area contributed by atoms with E-state index in [0.29, 0.717) is 16.9 Å². The number of H-pyrrole nitrogens is 1. The van der Waals surface area contributed by atoms with E-state index in [0.717, 1.165) is 11.1 Å². The maximum Gasteiger partial charge on any atom is 0.320 e. The molecule has 4 N–H and O–H groups in total. The molecule has 7 nitrogen and oxygen atoms in total. The molecule has 28 heavy (non-hydrogen) atoms. The molecule has 0 saturated heterocycles. The van der Waals surface area contributed by atoms with Gasteiger partial charge in [0.2, 0.25) is 0 Å². The summed E-state index contributed by atoms with van der Waals surface area (Å²) in [5.74, 6) is 0.220. The second-order valence-electron chi connectivity index (χ2n) is 7.62. The molecule has 0 unspecified atom stereocenters. The molecule has 3 rings (SSSR count). The van der Waals surface area contributed by atoms with Gasteiger partial charge in [0.1, 0.15) is 11.6 Å². The molecule has 1 aromatic carbocycles. The number of hydrogen-bond acceptors (Lipinski definition) is 4. The van der Waals surface area contributed by atoms with Crippen molar-refractivity contribution in [1.82, 2.24) is 20.5 Å². The van der Waals surface area contributed by atoms with Crippen molar-refractivity contribution in [2.24, 2.45) is 0 Å². The Morgan fingerprint density at radius 2 is 1.93 bits per heavy atom. The van der Waals surface area contributed by atoms with E-state index < -0.39 is 17.7 Å². The first-order chi connectivity index (χ1) is 13.1. The number of nitrogens with zero attached hydrogens (tertiary/aromatic N) is 2. The molecule has 0 spiro atoms. The smallest absolute Gasteiger partial charge is 0.320 e. The quantitative estimate of drug-likeness (QED) is 0.535. The van der Waals surface area contributed by atoms with Crippen LogP contribution in [0.5, 0.6) is 0 Å². The second kappa shape index (κ2) is 7.55. The fourth-order valence-electron chi connectivity index (χ4n) is 3.04. The molecule has 2 aromatic heterocycles. The van der Waals surface area contributed by atoms with Crippen molar-refractivity contribution < 1.29 is 14.3 Å². The topological polar surface area (TPSA) is 103 Å². The number of pyridine rings is 1. The summed E-state index contributed by atoms with van der Waals surface area (Å²) >= 11 is 0. The Balaban J connectivity index is 1.77. The van der Waals surface area contributed by atoms with E-state index in [4.69, 9.17) is 0 Å². The lowest BCUT2D eigenvalue weighted by molar-refractivity contribution is 0.0415. The lowest BCUT2D eigenvalue weighted by atomic mass is 9.92. The van der Waals surface area contributed by atoms with E-state index in [1.165, 1.54) is 24.3 Å². The van der Waals surface area contributed by atoms with E-state index >= 15 is 0 Å². The van der Waals surface area contributed by atoms with Gasteiger partial charge in [-0.2, -0.15) is 5.10 Å². The van der Waals surface area contributed by atoms with Crippen molar-refractivity contribution in [2.75, 3.05) is 5.32 Å². The third kappa shape index (κ3) is 4.28. The Morgan fingerprint density at radius 3 is 2.54 bits per heavy atom. The first-order valence-corrected chi connectivity index (χ1v) is 9.04. The van der Waals surface area contributed by atoms with Crippen LogP contribution in [0.1, 0.15) is 50.9 Å². The van der Waals surface area contributed by atoms with Gasteiger partial charge in [0.15, 0.2) is 0 Å². The molecule has 0 radical (unpaired) electrons. The first kappa shape index (κ1) is 19.8. The average molecular weight is 385 g/mol. The third-order valence-corrected chi connectivity index (χ3v) is 4.47. The number of aromatic nitrogens is 3. The van der Waals surface area contributed by atoms with Crippen LogP contribution in [0.2, 0.25) is 0 Å². The second-order valence-corrected chi connectivity index (χ2v) is 7.62. The predicted molar refractivity (Wildman–Crippen MR) is 106 cm³/mol. The number of aromatic amines is 1. The summed E-state index contributed by atoms with van der Waals surface area (Å²) in [6.07, 6.45) is 1.66. The van der Waals surface area contributed by atoms with Gasteiger partial charge in [-0.05, 0) is 37.5 Å². The Bertz CT molecular complexity index is 976. The lowest BCUT2D eigenvalue weighted by Crippen LogP contribution is -2.44. The lowest BCUT2D eigenvalue weighted by Gasteiger charge is -2.30. The summed E-state index contributed by atoms with van der Waals surface area (Å²) in [5, 5.41) is 24.0. The van der Waals surface area contributed by atoms with Crippen LogP contribution in [0.15, 0.2) is 36.5 Å². The van der Waals surface area contributed by atoms with Gasteiger partial charge >= 0.3 is 6.03 Å². The van der Waals surface area contributed by atoms with Crippen LogP contribution in [0.25, 0.3) is 10.9 Å². The maximum atomic E-state index is 13.2. The largest absolute Gasteiger partial charge is 0.388 e. The molecule has 1 atom stereocenters. The highest BCUT2D eigenvalue weighted by Crippen LogP contribution is 2.26. The van der Waals surface area contributed by atoms with Gasteiger partial charge in [0.25, 0.3) is 0 Å². The standard InChI is InChI=1S/C20H24FN5O2/c1-11(2)17-14-10-22-16(9-15(14)25-26-17)23-19(27)24-18(20(3,4)28)12-5-7-13(21)8-6-12/h5-11,18,28H,1-4H3,(H,25,26)(H2,22,23,24,27)/t18-/m0/s1. The number of urea groups is 1. The van der Waals surface area contributed by atoms with E-state index in [2.05, 4.69) is 39.7 Å². The molecular formula is C20H24FN5O2. The number of halogens is 1. The molecule has 0 saturated carbocycles. The van der Waals surface area contributed by atoms with E-state index in [9.17, 15) is 14.3 Å². The number of carbonyl (C=O) groups excluding carboxylic acids is 1. The average Bonchev–Trinajstić information content (AvgIpc) is 3.03. The van der Waals surface area contributed by atoms with Crippen molar-refractivity contribution in [3.05, 3.63) is 53.6 Å². The minimum atomic E-state index is -1.26. The molecule has 148 valence electrons. The Hall–Kier alpha value is -3.00. The minimum absolute atomic E-state index is 0.275. The van der Waals surface area contributed by atoms with Crippen LogP contribution >= 0.6 is 0 Å². The van der Waals surface area contributed by atoms with Gasteiger partial charge in [0.05, 0.1) is 17.2 Å². The molecule has 0 fully saturated rings. The van der Waals surface area contributed by atoms with Crippen LogP contribution in [-0.4, -0.2) is 31.9 Å². The van der Waals surface area contributed by atoms with Gasteiger partial charge in [-0.3, -0.25) is 10.4 Å². The van der Waals surface area contributed by atoms with Crippen LogP contribution < -0.4 is 10.6 Å². The number of benzene rings is 1. The summed E-state index contributed by atoms with van der Waals surface area (Å²) in [7, 11) is 0. The summed E-state index contributed by atoms with van der Waals surface area (Å²) in [6, 6.07) is 6.02.